The summed E-state index contributed by atoms with van der Waals surface area (Å²) >= 11 is 0. The van der Waals surface area contributed by atoms with Gasteiger partial charge in [0.25, 0.3) is 0 Å². The molecule has 0 amide bonds. The molecule has 0 unspecified atom stereocenters. The van der Waals surface area contributed by atoms with Gasteiger partial charge in [0.2, 0.25) is 0 Å². The third-order valence-corrected chi connectivity index (χ3v) is 2.80. The number of benzene rings is 1. The van der Waals surface area contributed by atoms with Gasteiger partial charge < -0.3 is 14.4 Å². The molecule has 2 rings (SSSR count). The first kappa shape index (κ1) is 12.9. The number of ketones is 1. The molecule has 0 aliphatic carbocycles. The number of rotatable bonds is 4. The van der Waals surface area contributed by atoms with Gasteiger partial charge in [0.1, 0.15) is 11.4 Å². The molecule has 0 radical (unpaired) electrons. The minimum Gasteiger partial charge on any atom is -0.497 e. The van der Waals surface area contributed by atoms with Gasteiger partial charge in [-0.25, -0.2) is 4.79 Å². The Morgan fingerprint density at radius 1 is 1.21 bits per heavy atom. The number of aromatic carboxylic acids is 1. The van der Waals surface area contributed by atoms with Crippen molar-refractivity contribution in [3.63, 3.8) is 0 Å². The molecular weight excluding hydrogens is 246 g/mol. The van der Waals surface area contributed by atoms with Crippen molar-refractivity contribution in [1.82, 2.24) is 4.57 Å². The van der Waals surface area contributed by atoms with Crippen molar-refractivity contribution in [3.8, 4) is 11.4 Å². The van der Waals surface area contributed by atoms with E-state index in [9.17, 15) is 9.59 Å². The maximum atomic E-state index is 11.3. The summed E-state index contributed by atoms with van der Waals surface area (Å²) < 4.78 is 6.52. The summed E-state index contributed by atoms with van der Waals surface area (Å²) in [6, 6.07) is 8.29. The topological polar surface area (TPSA) is 68.5 Å². The number of carbonyl (C=O) groups is 2. The number of nitrogens with zero attached hydrogens (tertiary/aromatic N) is 1. The molecule has 0 saturated heterocycles. The van der Waals surface area contributed by atoms with Gasteiger partial charge in [-0.05, 0) is 37.3 Å². The van der Waals surface area contributed by atoms with Crippen LogP contribution in [0.5, 0.6) is 5.75 Å². The van der Waals surface area contributed by atoms with Gasteiger partial charge in [-0.3, -0.25) is 4.79 Å². The molecule has 0 aliphatic rings. The average molecular weight is 259 g/mol. The number of Topliss-reactive ketones (excluding diaryl/α,β-unsaturated/α-hetero) is 1. The van der Waals surface area contributed by atoms with Gasteiger partial charge in [-0.15, -0.1) is 0 Å². The zero-order valence-corrected chi connectivity index (χ0v) is 10.6. The van der Waals surface area contributed by atoms with Crippen LogP contribution in [0.1, 0.15) is 27.8 Å². The van der Waals surface area contributed by atoms with Crippen LogP contribution in [-0.4, -0.2) is 28.5 Å². The molecule has 5 nitrogen and oxygen atoms in total. The van der Waals surface area contributed by atoms with Crippen molar-refractivity contribution in [3.05, 3.63) is 47.8 Å². The van der Waals surface area contributed by atoms with Crippen LogP contribution in [-0.2, 0) is 0 Å². The van der Waals surface area contributed by atoms with Crippen molar-refractivity contribution >= 4 is 11.8 Å². The van der Waals surface area contributed by atoms with E-state index < -0.39 is 5.97 Å². The number of carbonyl (C=O) groups excluding carboxylic acids is 1. The second kappa shape index (κ2) is 4.97. The Labute approximate surface area is 110 Å². The van der Waals surface area contributed by atoms with Crippen LogP contribution >= 0.6 is 0 Å². The van der Waals surface area contributed by atoms with Crippen molar-refractivity contribution in [2.24, 2.45) is 0 Å². The molecule has 0 atom stereocenters. The van der Waals surface area contributed by atoms with E-state index in [0.717, 1.165) is 0 Å². The van der Waals surface area contributed by atoms with Gasteiger partial charge in [-0.1, -0.05) is 0 Å². The summed E-state index contributed by atoms with van der Waals surface area (Å²) in [5, 5.41) is 9.17. The minimum atomic E-state index is -1.08. The number of carboxylic acid groups (broad SMARTS) is 1. The number of aromatic nitrogens is 1. The Morgan fingerprint density at radius 3 is 2.32 bits per heavy atom. The van der Waals surface area contributed by atoms with Crippen LogP contribution in [0.25, 0.3) is 5.69 Å². The van der Waals surface area contributed by atoms with E-state index in [1.54, 1.807) is 31.4 Å². The maximum absolute atomic E-state index is 11.3. The zero-order chi connectivity index (χ0) is 14.0. The molecule has 98 valence electrons. The van der Waals surface area contributed by atoms with E-state index in [1.165, 1.54) is 23.8 Å². The van der Waals surface area contributed by atoms with Crippen molar-refractivity contribution in [2.45, 2.75) is 6.92 Å². The Kier molecular flexibility index (Phi) is 3.37. The molecule has 0 aliphatic heterocycles. The molecule has 1 aromatic carbocycles. The van der Waals surface area contributed by atoms with Crippen LogP contribution in [0.4, 0.5) is 0 Å². The van der Waals surface area contributed by atoms with E-state index in [1.807, 2.05) is 0 Å². The van der Waals surface area contributed by atoms with E-state index in [-0.39, 0.29) is 11.5 Å². The number of ether oxygens (including phenoxy) is 1. The first-order valence-corrected chi connectivity index (χ1v) is 5.64. The third kappa shape index (κ3) is 2.49. The lowest BCUT2D eigenvalue weighted by atomic mass is 10.2. The molecule has 0 fully saturated rings. The fourth-order valence-corrected chi connectivity index (χ4v) is 1.78. The van der Waals surface area contributed by atoms with Crippen molar-refractivity contribution < 1.29 is 19.4 Å². The molecule has 0 bridgehead atoms. The summed E-state index contributed by atoms with van der Waals surface area (Å²) in [5.41, 5.74) is 1.08. The highest BCUT2D eigenvalue weighted by Crippen LogP contribution is 2.19. The molecule has 0 saturated carbocycles. The highest BCUT2D eigenvalue weighted by Gasteiger charge is 2.15. The van der Waals surface area contributed by atoms with Crippen LogP contribution in [0.15, 0.2) is 36.5 Å². The fourth-order valence-electron chi connectivity index (χ4n) is 1.78. The van der Waals surface area contributed by atoms with E-state index in [0.29, 0.717) is 17.0 Å². The maximum Gasteiger partial charge on any atom is 0.352 e. The SMILES string of the molecule is COc1ccc(-n2cc(C(C)=O)cc2C(=O)O)cc1. The first-order valence-electron chi connectivity index (χ1n) is 5.64. The van der Waals surface area contributed by atoms with Gasteiger partial charge in [0.05, 0.1) is 7.11 Å². The average Bonchev–Trinajstić information content (AvgIpc) is 2.84. The highest BCUT2D eigenvalue weighted by atomic mass is 16.5. The molecular formula is C14H13NO4. The van der Waals surface area contributed by atoms with Gasteiger partial charge in [0, 0.05) is 17.4 Å². The van der Waals surface area contributed by atoms with Gasteiger partial charge in [0.15, 0.2) is 5.78 Å². The lowest BCUT2D eigenvalue weighted by molar-refractivity contribution is 0.0688. The van der Waals surface area contributed by atoms with Gasteiger partial charge >= 0.3 is 5.97 Å². The molecule has 1 aromatic heterocycles. The number of hydrogen-bond acceptors (Lipinski definition) is 3. The number of methoxy groups -OCH3 is 1. The highest BCUT2D eigenvalue weighted by molar-refractivity contribution is 5.97. The minimum absolute atomic E-state index is 0.0513. The summed E-state index contributed by atoms with van der Waals surface area (Å²) in [6.07, 6.45) is 1.52. The lowest BCUT2D eigenvalue weighted by Crippen LogP contribution is -2.05. The zero-order valence-electron chi connectivity index (χ0n) is 10.6. The van der Waals surface area contributed by atoms with Crippen LogP contribution in [0, 0.1) is 0 Å². The second-order valence-corrected chi connectivity index (χ2v) is 4.04. The molecule has 5 heteroatoms. The molecule has 1 heterocycles. The predicted molar refractivity (Wildman–Crippen MR) is 69.3 cm³/mol. The van der Waals surface area contributed by atoms with Crippen molar-refractivity contribution in [2.75, 3.05) is 7.11 Å². The quantitative estimate of drug-likeness (QED) is 0.856. The largest absolute Gasteiger partial charge is 0.497 e. The normalized spacial score (nSPS) is 10.2. The fraction of sp³-hybridized carbons (Fsp3) is 0.143. The smallest absolute Gasteiger partial charge is 0.352 e. The van der Waals surface area contributed by atoms with E-state index in [2.05, 4.69) is 0 Å². The first-order chi connectivity index (χ1) is 9.02. The Morgan fingerprint density at radius 2 is 1.84 bits per heavy atom. The standard InChI is InChI=1S/C14H13NO4/c1-9(16)10-7-13(14(17)18)15(8-10)11-3-5-12(19-2)6-4-11/h3-8H,1-2H3,(H,17,18). The summed E-state index contributed by atoms with van der Waals surface area (Å²) in [7, 11) is 1.56. The van der Waals surface area contributed by atoms with Gasteiger partial charge in [-0.2, -0.15) is 0 Å². The van der Waals surface area contributed by atoms with Crippen LogP contribution in [0.3, 0.4) is 0 Å². The third-order valence-electron chi connectivity index (χ3n) is 2.80. The number of carboxylic acids is 1. The van der Waals surface area contributed by atoms with E-state index >= 15 is 0 Å². The number of hydrogen-bond donors (Lipinski definition) is 1. The molecule has 2 aromatic rings. The van der Waals surface area contributed by atoms with E-state index in [4.69, 9.17) is 9.84 Å². The van der Waals surface area contributed by atoms with Crippen molar-refractivity contribution in [1.29, 1.82) is 0 Å². The Balaban J connectivity index is 2.52. The lowest BCUT2D eigenvalue weighted by Gasteiger charge is -2.07. The van der Waals surface area contributed by atoms with Crippen LogP contribution in [0.2, 0.25) is 0 Å². The Hall–Kier alpha value is -2.56. The monoisotopic (exact) mass is 259 g/mol. The Bertz CT molecular complexity index is 625. The molecule has 19 heavy (non-hydrogen) atoms. The van der Waals surface area contributed by atoms with Crippen LogP contribution < -0.4 is 4.74 Å². The molecule has 1 N–H and O–H groups in total. The molecule has 0 spiro atoms. The summed E-state index contributed by atoms with van der Waals surface area (Å²) in [4.78, 5) is 22.5. The summed E-state index contributed by atoms with van der Waals surface area (Å²) in [6.45, 7) is 1.40. The second-order valence-electron chi connectivity index (χ2n) is 4.04. The predicted octanol–water partition coefficient (Wildman–Crippen LogP) is 2.39. The summed E-state index contributed by atoms with van der Waals surface area (Å²) in [5.74, 6) is -0.572.